The predicted molar refractivity (Wildman–Crippen MR) is 65.2 cm³/mol. The van der Waals surface area contributed by atoms with E-state index in [-0.39, 0.29) is 5.60 Å². The Hall–Kier alpha value is -1.09. The summed E-state index contributed by atoms with van der Waals surface area (Å²) in [5.41, 5.74) is 6.97. The van der Waals surface area contributed by atoms with Gasteiger partial charge in [0.1, 0.15) is 5.82 Å². The van der Waals surface area contributed by atoms with Crippen molar-refractivity contribution in [2.24, 2.45) is 0 Å². The average molecular weight is 220 g/mol. The van der Waals surface area contributed by atoms with Crippen molar-refractivity contribution >= 4 is 5.82 Å². The zero-order chi connectivity index (χ0) is 11.6. The van der Waals surface area contributed by atoms with Crippen LogP contribution in [0.3, 0.4) is 0 Å². The zero-order valence-electron chi connectivity index (χ0n) is 10.1. The lowest BCUT2D eigenvalue weighted by Gasteiger charge is -2.19. The number of ether oxygens (including phenoxy) is 1. The highest BCUT2D eigenvalue weighted by Crippen LogP contribution is 2.31. The standard InChI is InChI=1S/C13H20N2O/c1-13(2)7-5-11(16-13)4-3-10-6-8-15-12(14)9-10/h6,8-9,11H,3-5,7H2,1-2H3,(H2,14,15). The predicted octanol–water partition coefficient (Wildman–Crippen LogP) is 2.55. The molecular formula is C13H20N2O. The van der Waals surface area contributed by atoms with Crippen LogP contribution >= 0.6 is 0 Å². The van der Waals surface area contributed by atoms with Gasteiger partial charge in [0.25, 0.3) is 0 Å². The molecule has 0 bridgehead atoms. The highest BCUT2D eigenvalue weighted by atomic mass is 16.5. The molecule has 3 nitrogen and oxygen atoms in total. The first-order valence-electron chi connectivity index (χ1n) is 5.93. The lowest BCUT2D eigenvalue weighted by Crippen LogP contribution is -2.20. The van der Waals surface area contributed by atoms with Crippen molar-refractivity contribution in [3.8, 4) is 0 Å². The Morgan fingerprint density at radius 2 is 2.38 bits per heavy atom. The second-order valence-electron chi connectivity index (χ2n) is 5.17. The summed E-state index contributed by atoms with van der Waals surface area (Å²) < 4.78 is 5.95. The first-order chi connectivity index (χ1) is 7.55. The van der Waals surface area contributed by atoms with Crippen LogP contribution in [0.1, 0.15) is 38.7 Å². The molecule has 2 heterocycles. The zero-order valence-corrected chi connectivity index (χ0v) is 10.1. The molecule has 1 aliphatic heterocycles. The third kappa shape index (κ3) is 2.95. The summed E-state index contributed by atoms with van der Waals surface area (Å²) in [4.78, 5) is 3.99. The molecule has 0 amide bonds. The molecule has 1 fully saturated rings. The first kappa shape index (κ1) is 11.4. The third-order valence-electron chi connectivity index (χ3n) is 3.15. The summed E-state index contributed by atoms with van der Waals surface area (Å²) in [5, 5.41) is 0. The molecule has 0 saturated carbocycles. The van der Waals surface area contributed by atoms with Gasteiger partial charge in [0.05, 0.1) is 11.7 Å². The van der Waals surface area contributed by atoms with Gasteiger partial charge in [-0.1, -0.05) is 0 Å². The molecule has 16 heavy (non-hydrogen) atoms. The minimum Gasteiger partial charge on any atom is -0.384 e. The maximum atomic E-state index is 5.95. The molecule has 88 valence electrons. The Bertz CT molecular complexity index is 363. The van der Waals surface area contributed by atoms with E-state index in [9.17, 15) is 0 Å². The van der Waals surface area contributed by atoms with Gasteiger partial charge in [-0.25, -0.2) is 4.98 Å². The van der Waals surface area contributed by atoms with Crippen LogP contribution in [0.25, 0.3) is 0 Å². The lowest BCUT2D eigenvalue weighted by molar-refractivity contribution is -0.0180. The van der Waals surface area contributed by atoms with Crippen LogP contribution in [-0.4, -0.2) is 16.7 Å². The maximum Gasteiger partial charge on any atom is 0.123 e. The fourth-order valence-electron chi connectivity index (χ4n) is 2.26. The number of hydrogen-bond acceptors (Lipinski definition) is 3. The molecule has 2 N–H and O–H groups in total. The van der Waals surface area contributed by atoms with Crippen LogP contribution in [0.2, 0.25) is 0 Å². The van der Waals surface area contributed by atoms with Crippen LogP contribution in [0.5, 0.6) is 0 Å². The smallest absolute Gasteiger partial charge is 0.123 e. The van der Waals surface area contributed by atoms with Gasteiger partial charge in [0, 0.05) is 6.20 Å². The average Bonchev–Trinajstić information content (AvgIpc) is 2.56. The maximum absolute atomic E-state index is 5.95. The summed E-state index contributed by atoms with van der Waals surface area (Å²) in [5.74, 6) is 0.602. The molecule has 0 aromatic carbocycles. The third-order valence-corrected chi connectivity index (χ3v) is 3.15. The first-order valence-corrected chi connectivity index (χ1v) is 5.93. The van der Waals surface area contributed by atoms with Crippen LogP contribution < -0.4 is 5.73 Å². The monoisotopic (exact) mass is 220 g/mol. The van der Waals surface area contributed by atoms with E-state index in [0.29, 0.717) is 11.9 Å². The topological polar surface area (TPSA) is 48.1 Å². The summed E-state index contributed by atoms with van der Waals surface area (Å²) >= 11 is 0. The molecular weight excluding hydrogens is 200 g/mol. The highest BCUT2D eigenvalue weighted by Gasteiger charge is 2.30. The Morgan fingerprint density at radius 1 is 1.56 bits per heavy atom. The second-order valence-corrected chi connectivity index (χ2v) is 5.17. The van der Waals surface area contributed by atoms with Crippen molar-refractivity contribution in [1.29, 1.82) is 0 Å². The van der Waals surface area contributed by atoms with E-state index < -0.39 is 0 Å². The number of nitrogens with zero attached hydrogens (tertiary/aromatic N) is 1. The van der Waals surface area contributed by atoms with Gasteiger partial charge in [0.15, 0.2) is 0 Å². The van der Waals surface area contributed by atoms with Crippen molar-refractivity contribution in [2.75, 3.05) is 5.73 Å². The Balaban J connectivity index is 1.84. The van der Waals surface area contributed by atoms with Crippen molar-refractivity contribution in [1.82, 2.24) is 4.98 Å². The molecule has 1 saturated heterocycles. The molecule has 1 atom stereocenters. The van der Waals surface area contributed by atoms with E-state index in [1.54, 1.807) is 6.20 Å². The van der Waals surface area contributed by atoms with E-state index in [0.717, 1.165) is 19.3 Å². The lowest BCUT2D eigenvalue weighted by atomic mass is 10.0. The fraction of sp³-hybridized carbons (Fsp3) is 0.615. The van der Waals surface area contributed by atoms with Gasteiger partial charge in [-0.05, 0) is 57.2 Å². The van der Waals surface area contributed by atoms with Crippen LogP contribution in [0, 0.1) is 0 Å². The van der Waals surface area contributed by atoms with E-state index in [4.69, 9.17) is 10.5 Å². The minimum absolute atomic E-state index is 0.0714. The molecule has 0 aliphatic carbocycles. The molecule has 3 heteroatoms. The fourth-order valence-corrected chi connectivity index (χ4v) is 2.26. The quantitative estimate of drug-likeness (QED) is 0.851. The Kier molecular flexibility index (Phi) is 3.15. The van der Waals surface area contributed by atoms with Gasteiger partial charge >= 0.3 is 0 Å². The van der Waals surface area contributed by atoms with Crippen LogP contribution in [0.15, 0.2) is 18.3 Å². The number of hydrogen-bond donors (Lipinski definition) is 1. The van der Waals surface area contributed by atoms with Crippen molar-refractivity contribution in [2.45, 2.75) is 51.2 Å². The van der Waals surface area contributed by atoms with E-state index in [1.165, 1.54) is 12.0 Å². The van der Waals surface area contributed by atoms with Crippen molar-refractivity contribution in [3.63, 3.8) is 0 Å². The minimum atomic E-state index is 0.0714. The van der Waals surface area contributed by atoms with Gasteiger partial charge in [-0.2, -0.15) is 0 Å². The molecule has 0 radical (unpaired) electrons. The van der Waals surface area contributed by atoms with E-state index in [2.05, 4.69) is 18.8 Å². The molecule has 1 aromatic heterocycles. The highest BCUT2D eigenvalue weighted by molar-refractivity contribution is 5.31. The SMILES string of the molecule is CC1(C)CCC(CCc2ccnc(N)c2)O1. The molecule has 2 rings (SSSR count). The van der Waals surface area contributed by atoms with Gasteiger partial charge in [-0.15, -0.1) is 0 Å². The van der Waals surface area contributed by atoms with Gasteiger partial charge < -0.3 is 10.5 Å². The Morgan fingerprint density at radius 3 is 3.00 bits per heavy atom. The number of nitrogen functional groups attached to an aromatic ring is 1. The number of pyridine rings is 1. The number of rotatable bonds is 3. The molecule has 1 unspecified atom stereocenters. The number of nitrogens with two attached hydrogens (primary N) is 1. The largest absolute Gasteiger partial charge is 0.384 e. The van der Waals surface area contributed by atoms with Gasteiger partial charge in [-0.3, -0.25) is 0 Å². The Labute approximate surface area is 97.0 Å². The summed E-state index contributed by atoms with van der Waals surface area (Å²) in [6.07, 6.45) is 6.61. The molecule has 1 aliphatic rings. The van der Waals surface area contributed by atoms with E-state index >= 15 is 0 Å². The molecule has 0 spiro atoms. The van der Waals surface area contributed by atoms with Crippen LogP contribution in [0.4, 0.5) is 5.82 Å². The second kappa shape index (κ2) is 4.42. The number of aromatic nitrogens is 1. The number of aryl methyl sites for hydroxylation is 1. The summed E-state index contributed by atoms with van der Waals surface area (Å²) in [6.45, 7) is 4.33. The van der Waals surface area contributed by atoms with E-state index in [1.807, 2.05) is 12.1 Å². The summed E-state index contributed by atoms with van der Waals surface area (Å²) in [7, 11) is 0. The number of anilines is 1. The summed E-state index contributed by atoms with van der Waals surface area (Å²) in [6, 6.07) is 3.97. The van der Waals surface area contributed by atoms with Crippen LogP contribution in [-0.2, 0) is 11.2 Å². The van der Waals surface area contributed by atoms with Crippen molar-refractivity contribution < 1.29 is 4.74 Å². The van der Waals surface area contributed by atoms with Crippen molar-refractivity contribution in [3.05, 3.63) is 23.9 Å². The normalized spacial score (nSPS) is 23.5. The molecule has 1 aromatic rings. The van der Waals surface area contributed by atoms with Gasteiger partial charge in [0.2, 0.25) is 0 Å².